The van der Waals surface area contributed by atoms with Crippen LogP contribution >= 0.6 is 11.8 Å². The molecule has 2 unspecified atom stereocenters. The van der Waals surface area contributed by atoms with Gasteiger partial charge in [0.05, 0.1) is 12.4 Å². The number of anilines is 1. The third-order valence-corrected chi connectivity index (χ3v) is 3.84. The molecule has 0 bridgehead atoms. The fourth-order valence-electron chi connectivity index (χ4n) is 2.28. The van der Waals surface area contributed by atoms with Crippen LogP contribution in [0.2, 0.25) is 0 Å². The smallest absolute Gasteiger partial charge is 0.167 e. The van der Waals surface area contributed by atoms with Gasteiger partial charge in [-0.1, -0.05) is 0 Å². The predicted octanol–water partition coefficient (Wildman–Crippen LogP) is 1.45. The molecule has 3 rings (SSSR count). The van der Waals surface area contributed by atoms with Gasteiger partial charge in [0.2, 0.25) is 0 Å². The maximum Gasteiger partial charge on any atom is 0.167 e. The second kappa shape index (κ2) is 4.74. The summed E-state index contributed by atoms with van der Waals surface area (Å²) in [6.45, 7) is 0. The summed E-state index contributed by atoms with van der Waals surface area (Å²) in [5, 5.41) is 0. The molecule has 2 aromatic heterocycles. The van der Waals surface area contributed by atoms with E-state index < -0.39 is 0 Å². The first-order valence-electron chi connectivity index (χ1n) is 5.87. The quantitative estimate of drug-likeness (QED) is 0.905. The summed E-state index contributed by atoms with van der Waals surface area (Å²) in [6.07, 6.45) is 7.69. The van der Waals surface area contributed by atoms with Gasteiger partial charge in [-0.2, -0.15) is 11.8 Å². The minimum atomic E-state index is 0.0152. The number of hydrogen-bond acceptors (Lipinski definition) is 6. The molecule has 1 saturated heterocycles. The van der Waals surface area contributed by atoms with Crippen molar-refractivity contribution in [3.63, 3.8) is 0 Å². The third-order valence-electron chi connectivity index (χ3n) is 3.14. The lowest BCUT2D eigenvalue weighted by molar-refractivity contribution is 0.0154. The molecule has 0 aromatic carbocycles. The van der Waals surface area contributed by atoms with E-state index >= 15 is 0 Å². The largest absolute Gasteiger partial charge is 0.382 e. The number of imidazole rings is 1. The van der Waals surface area contributed by atoms with Crippen molar-refractivity contribution >= 4 is 28.7 Å². The van der Waals surface area contributed by atoms with Gasteiger partial charge >= 0.3 is 0 Å². The Hall–Kier alpha value is -1.34. The Morgan fingerprint density at radius 3 is 3.17 bits per heavy atom. The number of nitrogens with zero attached hydrogens (tertiary/aromatic N) is 4. The van der Waals surface area contributed by atoms with Gasteiger partial charge in [0.15, 0.2) is 11.5 Å². The standard InChI is InChI=1S/C11H15N5OS/c1-18-4-7-2-3-8(17-7)16-6-15-9-10(12)13-5-14-11(9)16/h5-8H,2-4H2,1H3,(H2,12,13,14). The highest BCUT2D eigenvalue weighted by Crippen LogP contribution is 2.31. The highest BCUT2D eigenvalue weighted by Gasteiger charge is 2.27. The molecule has 0 aliphatic carbocycles. The lowest BCUT2D eigenvalue weighted by Gasteiger charge is -2.14. The van der Waals surface area contributed by atoms with Gasteiger partial charge in [0.1, 0.15) is 18.1 Å². The topological polar surface area (TPSA) is 78.9 Å². The van der Waals surface area contributed by atoms with Gasteiger partial charge in [0.25, 0.3) is 0 Å². The lowest BCUT2D eigenvalue weighted by Crippen LogP contribution is -2.13. The number of ether oxygens (including phenoxy) is 1. The maximum absolute atomic E-state index is 6.00. The van der Waals surface area contributed by atoms with Gasteiger partial charge in [-0.3, -0.25) is 4.57 Å². The SMILES string of the molecule is CSCC1CCC(n2cnc3c(N)ncnc32)O1. The van der Waals surface area contributed by atoms with E-state index in [9.17, 15) is 0 Å². The Bertz CT molecular complexity index is 557. The molecule has 0 saturated carbocycles. The van der Waals surface area contributed by atoms with Crippen molar-refractivity contribution in [2.45, 2.75) is 25.2 Å². The number of thioether (sulfide) groups is 1. The van der Waals surface area contributed by atoms with Crippen molar-refractivity contribution in [3.05, 3.63) is 12.7 Å². The second-order valence-electron chi connectivity index (χ2n) is 4.33. The third kappa shape index (κ3) is 1.93. The summed E-state index contributed by atoms with van der Waals surface area (Å²) >= 11 is 1.81. The van der Waals surface area contributed by atoms with Crippen LogP contribution in [0.3, 0.4) is 0 Å². The molecule has 0 spiro atoms. The summed E-state index contributed by atoms with van der Waals surface area (Å²) in [7, 11) is 0. The number of nitrogen functional groups attached to an aromatic ring is 1. The average molecular weight is 265 g/mol. The first kappa shape index (κ1) is 11.7. The van der Waals surface area contributed by atoms with E-state index in [-0.39, 0.29) is 6.23 Å². The monoisotopic (exact) mass is 265 g/mol. The van der Waals surface area contributed by atoms with Crippen LogP contribution in [0.15, 0.2) is 12.7 Å². The molecule has 2 atom stereocenters. The van der Waals surface area contributed by atoms with E-state index in [4.69, 9.17) is 10.5 Å². The van der Waals surface area contributed by atoms with Crippen LogP contribution < -0.4 is 5.73 Å². The fourth-order valence-corrected chi connectivity index (χ4v) is 2.90. The predicted molar refractivity (Wildman–Crippen MR) is 71.3 cm³/mol. The highest BCUT2D eigenvalue weighted by atomic mass is 32.2. The fraction of sp³-hybridized carbons (Fsp3) is 0.545. The number of fused-ring (bicyclic) bond motifs is 1. The Kier molecular flexibility index (Phi) is 3.09. The highest BCUT2D eigenvalue weighted by molar-refractivity contribution is 7.98. The molecular formula is C11H15N5OS. The molecule has 0 radical (unpaired) electrons. The number of nitrogens with two attached hydrogens (primary N) is 1. The molecule has 7 heteroatoms. The van der Waals surface area contributed by atoms with Crippen molar-refractivity contribution in [2.24, 2.45) is 0 Å². The zero-order valence-corrected chi connectivity index (χ0v) is 10.9. The van der Waals surface area contributed by atoms with Gasteiger partial charge in [-0.25, -0.2) is 15.0 Å². The van der Waals surface area contributed by atoms with Gasteiger partial charge in [-0.15, -0.1) is 0 Å². The first-order chi connectivity index (χ1) is 8.79. The van der Waals surface area contributed by atoms with Crippen LogP contribution in [0, 0.1) is 0 Å². The molecule has 1 fully saturated rings. The van der Waals surface area contributed by atoms with Gasteiger partial charge in [0, 0.05) is 5.75 Å². The summed E-state index contributed by atoms with van der Waals surface area (Å²) in [4.78, 5) is 12.4. The molecule has 2 N–H and O–H groups in total. The van der Waals surface area contributed by atoms with E-state index in [0.717, 1.165) is 24.2 Å². The minimum absolute atomic E-state index is 0.0152. The normalized spacial score (nSPS) is 23.8. The van der Waals surface area contributed by atoms with E-state index in [1.54, 1.807) is 6.33 Å². The summed E-state index contributed by atoms with van der Waals surface area (Å²) in [5.74, 6) is 1.44. The van der Waals surface area contributed by atoms with Gasteiger partial charge < -0.3 is 10.5 Å². The Morgan fingerprint density at radius 2 is 2.33 bits per heavy atom. The minimum Gasteiger partial charge on any atom is -0.382 e. The van der Waals surface area contributed by atoms with E-state index in [1.165, 1.54) is 6.33 Å². The first-order valence-corrected chi connectivity index (χ1v) is 7.26. The molecule has 2 aromatic rings. The zero-order valence-electron chi connectivity index (χ0n) is 10.1. The Balaban J connectivity index is 1.89. The number of rotatable bonds is 3. The molecule has 0 amide bonds. The van der Waals surface area contributed by atoms with Crippen LogP contribution in [0.1, 0.15) is 19.1 Å². The van der Waals surface area contributed by atoms with Crippen LogP contribution in [-0.4, -0.2) is 37.6 Å². The summed E-state index contributed by atoms with van der Waals surface area (Å²) < 4.78 is 7.95. The molecular weight excluding hydrogens is 250 g/mol. The molecule has 6 nitrogen and oxygen atoms in total. The zero-order chi connectivity index (χ0) is 12.5. The second-order valence-corrected chi connectivity index (χ2v) is 5.24. The van der Waals surface area contributed by atoms with E-state index in [0.29, 0.717) is 17.4 Å². The lowest BCUT2D eigenvalue weighted by atomic mass is 10.2. The Labute approximate surface area is 109 Å². The molecule has 3 heterocycles. The van der Waals surface area contributed by atoms with E-state index in [1.807, 2.05) is 16.3 Å². The van der Waals surface area contributed by atoms with Crippen molar-refractivity contribution in [1.29, 1.82) is 0 Å². The maximum atomic E-state index is 6.00. The molecule has 1 aliphatic heterocycles. The van der Waals surface area contributed by atoms with Crippen molar-refractivity contribution in [1.82, 2.24) is 19.5 Å². The average Bonchev–Trinajstić information content (AvgIpc) is 2.96. The summed E-state index contributed by atoms with van der Waals surface area (Å²) in [5.41, 5.74) is 7.17. The van der Waals surface area contributed by atoms with Crippen LogP contribution in [-0.2, 0) is 4.74 Å². The number of aromatic nitrogens is 4. The van der Waals surface area contributed by atoms with Gasteiger partial charge in [-0.05, 0) is 19.1 Å². The van der Waals surface area contributed by atoms with Crippen molar-refractivity contribution in [2.75, 3.05) is 17.7 Å². The molecule has 18 heavy (non-hydrogen) atoms. The molecule has 96 valence electrons. The Morgan fingerprint density at radius 1 is 1.44 bits per heavy atom. The van der Waals surface area contributed by atoms with E-state index in [2.05, 4.69) is 21.2 Å². The van der Waals surface area contributed by atoms with Crippen LogP contribution in [0.5, 0.6) is 0 Å². The van der Waals surface area contributed by atoms with Crippen molar-refractivity contribution < 1.29 is 4.74 Å². The number of hydrogen-bond donors (Lipinski definition) is 1. The summed E-state index contributed by atoms with van der Waals surface area (Å²) in [6, 6.07) is 0. The van der Waals surface area contributed by atoms with Crippen LogP contribution in [0.25, 0.3) is 11.2 Å². The molecule has 1 aliphatic rings. The van der Waals surface area contributed by atoms with Crippen LogP contribution in [0.4, 0.5) is 5.82 Å². The van der Waals surface area contributed by atoms with Crippen molar-refractivity contribution in [3.8, 4) is 0 Å².